The second-order valence-electron chi connectivity index (χ2n) is 5.49. The first kappa shape index (κ1) is 19.2. The van der Waals surface area contributed by atoms with Crippen molar-refractivity contribution >= 4 is 53.3 Å². The van der Waals surface area contributed by atoms with Gasteiger partial charge in [-0.25, -0.2) is 0 Å². The molecule has 0 aliphatic carbocycles. The number of anilines is 1. The lowest BCUT2D eigenvalue weighted by molar-refractivity contribution is -0.121. The predicted molar refractivity (Wildman–Crippen MR) is 110 cm³/mol. The van der Waals surface area contributed by atoms with E-state index in [-0.39, 0.29) is 36.5 Å². The van der Waals surface area contributed by atoms with Gasteiger partial charge in [-0.3, -0.25) is 9.79 Å². The van der Waals surface area contributed by atoms with Crippen LogP contribution in [0.4, 0.5) is 5.69 Å². The second kappa shape index (κ2) is 9.36. The first-order chi connectivity index (χ1) is 11.3. The standard InChI is InChI=1S/C16H22N4O2S.HI/c17-16(19-8-10-23-11-9-19)18-6-3-7-20-13-4-1-2-5-14(13)22-12-15(20)21;/h1-2,4-5H,3,6-12H2,(H2,17,18);1H. The van der Waals surface area contributed by atoms with Gasteiger partial charge in [0.2, 0.25) is 0 Å². The van der Waals surface area contributed by atoms with Crippen LogP contribution in [0.5, 0.6) is 5.75 Å². The van der Waals surface area contributed by atoms with Crippen LogP contribution in [-0.4, -0.2) is 61.1 Å². The summed E-state index contributed by atoms with van der Waals surface area (Å²) >= 11 is 1.95. The van der Waals surface area contributed by atoms with E-state index in [0.717, 1.165) is 42.5 Å². The van der Waals surface area contributed by atoms with Crippen LogP contribution in [0.2, 0.25) is 0 Å². The van der Waals surface area contributed by atoms with Gasteiger partial charge >= 0.3 is 0 Å². The number of hydrogen-bond donors (Lipinski definition) is 1. The average molecular weight is 462 g/mol. The zero-order valence-electron chi connectivity index (χ0n) is 13.5. The summed E-state index contributed by atoms with van der Waals surface area (Å²) < 4.78 is 5.44. The number of carbonyl (C=O) groups is 1. The number of hydrogen-bond acceptors (Lipinski definition) is 4. The number of carbonyl (C=O) groups excluding carboxylic acids is 1. The lowest BCUT2D eigenvalue weighted by Crippen LogP contribution is -2.43. The Balaban J connectivity index is 0.00000208. The van der Waals surface area contributed by atoms with Crippen LogP contribution in [0.15, 0.2) is 29.3 Å². The van der Waals surface area contributed by atoms with Gasteiger partial charge in [-0.1, -0.05) is 12.1 Å². The van der Waals surface area contributed by atoms with Crippen LogP contribution in [0, 0.1) is 0 Å². The van der Waals surface area contributed by atoms with Crippen molar-refractivity contribution in [2.75, 3.05) is 49.2 Å². The van der Waals surface area contributed by atoms with Crippen LogP contribution in [0.3, 0.4) is 0 Å². The number of halogens is 1. The van der Waals surface area contributed by atoms with E-state index in [9.17, 15) is 4.79 Å². The number of fused-ring (bicyclic) bond motifs is 1. The molecular weight excluding hydrogens is 439 g/mol. The van der Waals surface area contributed by atoms with E-state index in [1.54, 1.807) is 4.90 Å². The van der Waals surface area contributed by atoms with Gasteiger partial charge < -0.3 is 20.3 Å². The van der Waals surface area contributed by atoms with Crippen LogP contribution in [-0.2, 0) is 4.79 Å². The number of ether oxygens (including phenoxy) is 1. The maximum Gasteiger partial charge on any atom is 0.265 e. The maximum absolute atomic E-state index is 12.1. The highest BCUT2D eigenvalue weighted by molar-refractivity contribution is 14.0. The highest BCUT2D eigenvalue weighted by Crippen LogP contribution is 2.31. The number of nitrogens with zero attached hydrogens (tertiary/aromatic N) is 3. The number of nitrogens with two attached hydrogens (primary N) is 1. The van der Waals surface area contributed by atoms with E-state index in [1.165, 1.54) is 0 Å². The summed E-state index contributed by atoms with van der Waals surface area (Å²) in [6.45, 7) is 3.30. The fourth-order valence-electron chi connectivity index (χ4n) is 2.71. The molecule has 2 aliphatic rings. The van der Waals surface area contributed by atoms with Gasteiger partial charge in [0.15, 0.2) is 12.6 Å². The molecule has 0 bridgehead atoms. The molecule has 1 amide bonds. The Morgan fingerprint density at radius 2 is 2.04 bits per heavy atom. The smallest absolute Gasteiger partial charge is 0.265 e. The first-order valence-corrected chi connectivity index (χ1v) is 9.06. The zero-order chi connectivity index (χ0) is 16.1. The first-order valence-electron chi connectivity index (χ1n) is 7.90. The summed E-state index contributed by atoms with van der Waals surface area (Å²) in [5.74, 6) is 3.60. The molecule has 0 radical (unpaired) electrons. The Morgan fingerprint density at radius 3 is 2.83 bits per heavy atom. The summed E-state index contributed by atoms with van der Waals surface area (Å²) in [6.07, 6.45) is 0.781. The minimum Gasteiger partial charge on any atom is -0.482 e. The fourth-order valence-corrected chi connectivity index (χ4v) is 3.62. The molecular formula is C16H23IN4O2S. The van der Waals surface area contributed by atoms with Gasteiger partial charge in [-0.15, -0.1) is 24.0 Å². The highest BCUT2D eigenvalue weighted by atomic mass is 127. The van der Waals surface area contributed by atoms with E-state index >= 15 is 0 Å². The van der Waals surface area contributed by atoms with Crippen molar-refractivity contribution in [3.05, 3.63) is 24.3 Å². The average Bonchev–Trinajstić information content (AvgIpc) is 2.60. The number of guanidine groups is 1. The van der Waals surface area contributed by atoms with Crippen molar-refractivity contribution in [3.63, 3.8) is 0 Å². The van der Waals surface area contributed by atoms with E-state index in [0.29, 0.717) is 19.0 Å². The number of rotatable bonds is 4. The number of amides is 1. The summed E-state index contributed by atoms with van der Waals surface area (Å²) in [5.41, 5.74) is 6.88. The van der Waals surface area contributed by atoms with Gasteiger partial charge in [-0.2, -0.15) is 11.8 Å². The number of benzene rings is 1. The number of thioether (sulfide) groups is 1. The number of aliphatic imine (C=N–C) groups is 1. The van der Waals surface area contributed by atoms with Crippen LogP contribution in [0.25, 0.3) is 0 Å². The van der Waals surface area contributed by atoms with Crippen LogP contribution < -0.4 is 15.4 Å². The summed E-state index contributed by atoms with van der Waals surface area (Å²) in [6, 6.07) is 7.63. The Bertz CT molecular complexity index is 593. The van der Waals surface area contributed by atoms with Gasteiger partial charge in [-0.05, 0) is 18.6 Å². The molecule has 0 aromatic heterocycles. The van der Waals surface area contributed by atoms with Crippen molar-refractivity contribution in [3.8, 4) is 5.75 Å². The van der Waals surface area contributed by atoms with Crippen LogP contribution >= 0.6 is 35.7 Å². The molecule has 6 nitrogen and oxygen atoms in total. The van der Waals surface area contributed by atoms with E-state index in [4.69, 9.17) is 10.5 Å². The predicted octanol–water partition coefficient (Wildman–Crippen LogP) is 1.78. The molecule has 132 valence electrons. The molecule has 2 heterocycles. The molecule has 0 unspecified atom stereocenters. The Labute approximate surface area is 163 Å². The third kappa shape index (κ3) is 4.69. The molecule has 1 aromatic rings. The minimum atomic E-state index is -0.00583. The normalized spacial score (nSPS) is 17.8. The Kier molecular flexibility index (Phi) is 7.47. The molecule has 2 N–H and O–H groups in total. The van der Waals surface area contributed by atoms with E-state index < -0.39 is 0 Å². The molecule has 3 rings (SSSR count). The molecule has 2 aliphatic heterocycles. The Morgan fingerprint density at radius 1 is 1.29 bits per heavy atom. The maximum atomic E-state index is 12.1. The summed E-state index contributed by atoms with van der Waals surface area (Å²) in [7, 11) is 0. The molecule has 1 fully saturated rings. The minimum absolute atomic E-state index is 0. The molecule has 0 atom stereocenters. The van der Waals surface area contributed by atoms with Gasteiger partial charge in [0, 0.05) is 37.7 Å². The number of para-hydroxylation sites is 2. The third-order valence-electron chi connectivity index (χ3n) is 3.96. The zero-order valence-corrected chi connectivity index (χ0v) is 16.7. The van der Waals surface area contributed by atoms with Crippen molar-refractivity contribution in [2.45, 2.75) is 6.42 Å². The monoisotopic (exact) mass is 462 g/mol. The van der Waals surface area contributed by atoms with Crippen molar-refractivity contribution < 1.29 is 9.53 Å². The third-order valence-corrected chi connectivity index (χ3v) is 4.90. The van der Waals surface area contributed by atoms with Crippen molar-refractivity contribution in [2.24, 2.45) is 10.7 Å². The quantitative estimate of drug-likeness (QED) is 0.320. The van der Waals surface area contributed by atoms with Gasteiger partial charge in [0.1, 0.15) is 5.75 Å². The lowest BCUT2D eigenvalue weighted by atomic mass is 10.2. The molecule has 1 aromatic carbocycles. The van der Waals surface area contributed by atoms with Crippen molar-refractivity contribution in [1.29, 1.82) is 0 Å². The fraction of sp³-hybridized carbons (Fsp3) is 0.500. The largest absolute Gasteiger partial charge is 0.482 e. The molecule has 0 saturated carbocycles. The molecule has 1 saturated heterocycles. The summed E-state index contributed by atoms with van der Waals surface area (Å²) in [5, 5.41) is 0. The van der Waals surface area contributed by atoms with E-state index in [2.05, 4.69) is 9.89 Å². The molecule has 24 heavy (non-hydrogen) atoms. The molecule has 8 heteroatoms. The molecule has 0 spiro atoms. The summed E-state index contributed by atoms with van der Waals surface area (Å²) in [4.78, 5) is 20.4. The highest BCUT2D eigenvalue weighted by Gasteiger charge is 2.24. The van der Waals surface area contributed by atoms with Crippen molar-refractivity contribution in [1.82, 2.24) is 4.90 Å². The SMILES string of the molecule is I.NC(=NCCCN1C(=O)COc2ccccc21)N1CCSCC1. The van der Waals surface area contributed by atoms with Gasteiger partial charge in [0.25, 0.3) is 5.91 Å². The van der Waals surface area contributed by atoms with Crippen LogP contribution in [0.1, 0.15) is 6.42 Å². The van der Waals surface area contributed by atoms with E-state index in [1.807, 2.05) is 36.0 Å². The topological polar surface area (TPSA) is 71.2 Å². The lowest BCUT2D eigenvalue weighted by Gasteiger charge is -2.29. The Hall–Kier alpha value is -1.16. The second-order valence-corrected chi connectivity index (χ2v) is 6.72. The van der Waals surface area contributed by atoms with Gasteiger partial charge in [0.05, 0.1) is 5.69 Å².